The SMILES string of the molecule is CCN(C[C@@H]1CNC[C@H]1C)c1ccc(C)cc1. The van der Waals surface area contributed by atoms with Crippen molar-refractivity contribution in [3.05, 3.63) is 29.8 Å². The summed E-state index contributed by atoms with van der Waals surface area (Å²) in [6.07, 6.45) is 0. The molecule has 0 saturated carbocycles. The zero-order valence-electron chi connectivity index (χ0n) is 11.2. The molecule has 0 radical (unpaired) electrons. The van der Waals surface area contributed by atoms with Gasteiger partial charge in [-0.1, -0.05) is 24.6 Å². The third-order valence-electron chi connectivity index (χ3n) is 3.91. The number of hydrogen-bond donors (Lipinski definition) is 1. The van der Waals surface area contributed by atoms with Crippen molar-refractivity contribution in [1.82, 2.24) is 5.32 Å². The number of aryl methyl sites for hydroxylation is 1. The maximum absolute atomic E-state index is 3.49. The van der Waals surface area contributed by atoms with Gasteiger partial charge in [-0.3, -0.25) is 0 Å². The summed E-state index contributed by atoms with van der Waals surface area (Å²) in [4.78, 5) is 2.49. The van der Waals surface area contributed by atoms with Crippen LogP contribution in [0.25, 0.3) is 0 Å². The molecule has 94 valence electrons. The Hall–Kier alpha value is -1.02. The minimum absolute atomic E-state index is 0.788. The number of hydrogen-bond acceptors (Lipinski definition) is 2. The van der Waals surface area contributed by atoms with Crippen LogP contribution < -0.4 is 10.2 Å². The first-order valence-corrected chi connectivity index (χ1v) is 6.73. The van der Waals surface area contributed by atoms with Gasteiger partial charge >= 0.3 is 0 Å². The van der Waals surface area contributed by atoms with Gasteiger partial charge in [0, 0.05) is 18.8 Å². The monoisotopic (exact) mass is 232 g/mol. The molecule has 0 amide bonds. The Morgan fingerprint density at radius 3 is 2.47 bits per heavy atom. The number of nitrogens with zero attached hydrogens (tertiary/aromatic N) is 1. The van der Waals surface area contributed by atoms with Gasteiger partial charge in [-0.25, -0.2) is 0 Å². The predicted molar refractivity (Wildman–Crippen MR) is 74.6 cm³/mol. The van der Waals surface area contributed by atoms with Crippen LogP contribution in [0, 0.1) is 18.8 Å². The van der Waals surface area contributed by atoms with Crippen LogP contribution in [-0.2, 0) is 0 Å². The van der Waals surface area contributed by atoms with E-state index in [1.807, 2.05) is 0 Å². The molecular formula is C15H24N2. The van der Waals surface area contributed by atoms with Gasteiger partial charge in [0.25, 0.3) is 0 Å². The topological polar surface area (TPSA) is 15.3 Å². The lowest BCUT2D eigenvalue weighted by molar-refractivity contribution is 0.449. The molecule has 2 rings (SSSR count). The first-order chi connectivity index (χ1) is 8.20. The molecule has 1 fully saturated rings. The van der Waals surface area contributed by atoms with Crippen molar-refractivity contribution in [2.24, 2.45) is 11.8 Å². The van der Waals surface area contributed by atoms with Crippen LogP contribution in [0.15, 0.2) is 24.3 Å². The highest BCUT2D eigenvalue weighted by molar-refractivity contribution is 5.47. The van der Waals surface area contributed by atoms with Gasteiger partial charge in [0.1, 0.15) is 0 Å². The van der Waals surface area contributed by atoms with E-state index in [1.54, 1.807) is 0 Å². The maximum atomic E-state index is 3.49. The van der Waals surface area contributed by atoms with Crippen LogP contribution in [0.1, 0.15) is 19.4 Å². The van der Waals surface area contributed by atoms with Crippen LogP contribution in [0.3, 0.4) is 0 Å². The van der Waals surface area contributed by atoms with Crippen molar-refractivity contribution in [1.29, 1.82) is 0 Å². The van der Waals surface area contributed by atoms with E-state index >= 15 is 0 Å². The van der Waals surface area contributed by atoms with Crippen molar-refractivity contribution in [3.63, 3.8) is 0 Å². The molecule has 1 aromatic rings. The van der Waals surface area contributed by atoms with Crippen molar-refractivity contribution in [3.8, 4) is 0 Å². The fraction of sp³-hybridized carbons (Fsp3) is 0.600. The summed E-state index contributed by atoms with van der Waals surface area (Å²) in [7, 11) is 0. The third kappa shape index (κ3) is 3.01. The van der Waals surface area contributed by atoms with E-state index in [0.717, 1.165) is 18.4 Å². The van der Waals surface area contributed by atoms with Gasteiger partial charge in [0.15, 0.2) is 0 Å². The molecule has 0 spiro atoms. The average molecular weight is 232 g/mol. The minimum Gasteiger partial charge on any atom is -0.371 e. The minimum atomic E-state index is 0.788. The summed E-state index contributed by atoms with van der Waals surface area (Å²) in [6, 6.07) is 8.89. The van der Waals surface area contributed by atoms with E-state index in [2.05, 4.69) is 55.3 Å². The van der Waals surface area contributed by atoms with Crippen LogP contribution in [0.2, 0.25) is 0 Å². The van der Waals surface area contributed by atoms with Crippen LogP contribution in [0.4, 0.5) is 5.69 Å². The zero-order chi connectivity index (χ0) is 12.3. The van der Waals surface area contributed by atoms with Crippen molar-refractivity contribution in [2.45, 2.75) is 20.8 Å². The van der Waals surface area contributed by atoms with Gasteiger partial charge in [0.2, 0.25) is 0 Å². The first kappa shape index (κ1) is 12.4. The smallest absolute Gasteiger partial charge is 0.0366 e. The van der Waals surface area contributed by atoms with Crippen LogP contribution in [0.5, 0.6) is 0 Å². The highest BCUT2D eigenvalue weighted by Crippen LogP contribution is 2.21. The van der Waals surface area contributed by atoms with E-state index in [9.17, 15) is 0 Å². The Morgan fingerprint density at radius 2 is 1.94 bits per heavy atom. The van der Waals surface area contributed by atoms with E-state index in [1.165, 1.54) is 30.9 Å². The average Bonchev–Trinajstić information content (AvgIpc) is 2.73. The molecule has 1 heterocycles. The van der Waals surface area contributed by atoms with Crippen molar-refractivity contribution in [2.75, 3.05) is 31.1 Å². The summed E-state index contributed by atoms with van der Waals surface area (Å²) in [5, 5.41) is 3.49. The molecule has 1 aliphatic rings. The Bertz CT molecular complexity index is 344. The maximum Gasteiger partial charge on any atom is 0.0366 e. The molecule has 1 aromatic carbocycles. The second-order valence-electron chi connectivity index (χ2n) is 5.27. The molecule has 0 aliphatic carbocycles. The van der Waals surface area contributed by atoms with Crippen LogP contribution in [-0.4, -0.2) is 26.2 Å². The molecular weight excluding hydrogens is 208 g/mol. The van der Waals surface area contributed by atoms with E-state index in [0.29, 0.717) is 0 Å². The van der Waals surface area contributed by atoms with Gasteiger partial charge in [-0.15, -0.1) is 0 Å². The summed E-state index contributed by atoms with van der Waals surface area (Å²) >= 11 is 0. The second kappa shape index (κ2) is 5.54. The Balaban J connectivity index is 2.03. The van der Waals surface area contributed by atoms with E-state index < -0.39 is 0 Å². The van der Waals surface area contributed by atoms with Crippen LogP contribution >= 0.6 is 0 Å². The van der Waals surface area contributed by atoms with Crippen molar-refractivity contribution < 1.29 is 0 Å². The number of nitrogens with one attached hydrogen (secondary N) is 1. The molecule has 2 heteroatoms. The lowest BCUT2D eigenvalue weighted by Crippen LogP contribution is -2.32. The van der Waals surface area contributed by atoms with Gasteiger partial charge in [-0.2, -0.15) is 0 Å². The Labute approximate surface area is 105 Å². The van der Waals surface area contributed by atoms with Crippen molar-refractivity contribution >= 4 is 5.69 Å². The number of rotatable bonds is 4. The molecule has 1 saturated heterocycles. The second-order valence-corrected chi connectivity index (χ2v) is 5.27. The summed E-state index contributed by atoms with van der Waals surface area (Å²) in [5.74, 6) is 1.59. The summed E-state index contributed by atoms with van der Waals surface area (Å²) in [6.45, 7) is 11.4. The molecule has 1 N–H and O–H groups in total. The standard InChI is InChI=1S/C15H24N2/c1-4-17(11-14-10-16-9-13(14)3)15-7-5-12(2)6-8-15/h5-8,13-14,16H,4,9-11H2,1-3H3/t13-,14+/m1/s1. The highest BCUT2D eigenvalue weighted by atomic mass is 15.1. The Morgan fingerprint density at radius 1 is 1.24 bits per heavy atom. The first-order valence-electron chi connectivity index (χ1n) is 6.73. The lowest BCUT2D eigenvalue weighted by atomic mass is 9.97. The largest absolute Gasteiger partial charge is 0.371 e. The lowest BCUT2D eigenvalue weighted by Gasteiger charge is -2.28. The molecule has 17 heavy (non-hydrogen) atoms. The summed E-state index contributed by atoms with van der Waals surface area (Å²) < 4.78 is 0. The van der Waals surface area contributed by atoms with E-state index in [-0.39, 0.29) is 0 Å². The number of benzene rings is 1. The van der Waals surface area contributed by atoms with Gasteiger partial charge in [-0.05, 0) is 50.9 Å². The molecule has 0 bridgehead atoms. The fourth-order valence-electron chi connectivity index (χ4n) is 2.56. The Kier molecular flexibility index (Phi) is 4.06. The summed E-state index contributed by atoms with van der Waals surface area (Å²) in [5.41, 5.74) is 2.69. The molecule has 0 aromatic heterocycles. The van der Waals surface area contributed by atoms with Gasteiger partial charge in [0.05, 0.1) is 0 Å². The molecule has 0 unspecified atom stereocenters. The highest BCUT2D eigenvalue weighted by Gasteiger charge is 2.24. The van der Waals surface area contributed by atoms with E-state index in [4.69, 9.17) is 0 Å². The molecule has 2 atom stereocenters. The third-order valence-corrected chi connectivity index (χ3v) is 3.91. The molecule has 1 aliphatic heterocycles. The molecule has 2 nitrogen and oxygen atoms in total. The zero-order valence-corrected chi connectivity index (χ0v) is 11.2. The normalized spacial score (nSPS) is 23.9. The number of anilines is 1. The fourth-order valence-corrected chi connectivity index (χ4v) is 2.56. The predicted octanol–water partition coefficient (Wildman–Crippen LogP) is 2.68. The van der Waals surface area contributed by atoms with Gasteiger partial charge < -0.3 is 10.2 Å². The quantitative estimate of drug-likeness (QED) is 0.858.